The van der Waals surface area contributed by atoms with Crippen LogP contribution in [0, 0.1) is 41.5 Å². The van der Waals surface area contributed by atoms with Crippen LogP contribution >= 0.6 is 0 Å². The molecule has 0 amide bonds. The third kappa shape index (κ3) is 4.91. The van der Waals surface area contributed by atoms with Crippen LogP contribution in [0.2, 0.25) is 0 Å². The first-order valence-corrected chi connectivity index (χ1v) is 20.4. The molecule has 0 saturated carbocycles. The van der Waals surface area contributed by atoms with Crippen molar-refractivity contribution in [2.75, 3.05) is 0 Å². The summed E-state index contributed by atoms with van der Waals surface area (Å²) >= 11 is 0. The standard InChI is InChI=1S/C54H43B2N/c1-32-16-13-17-33(2)49(32)38-26-43-44-27-39(50-34(3)18-14-19-35(50)4)29-46-53(44)57-52(43)45(28-38)55(41-22-9-7-10-23-41)47-30-40(51-36(5)20-15-21-37(51)6)31-48(54(47)57)56(46)42-24-11-8-12-25-42/h7-31H,1-6H3. The van der Waals surface area contributed by atoms with E-state index in [1.807, 2.05) is 0 Å². The molecule has 0 radical (unpaired) electrons. The summed E-state index contributed by atoms with van der Waals surface area (Å²) in [4.78, 5) is 0. The van der Waals surface area contributed by atoms with Gasteiger partial charge in [-0.05, 0) is 142 Å². The first-order chi connectivity index (χ1) is 27.8. The molecule has 3 heterocycles. The summed E-state index contributed by atoms with van der Waals surface area (Å²) in [6.07, 6.45) is 0. The molecule has 2 aliphatic rings. The second-order valence-electron chi connectivity index (χ2n) is 16.7. The quantitative estimate of drug-likeness (QED) is 0.156. The van der Waals surface area contributed by atoms with E-state index in [0.717, 1.165) is 0 Å². The second-order valence-corrected chi connectivity index (χ2v) is 16.7. The van der Waals surface area contributed by atoms with Gasteiger partial charge in [-0.25, -0.2) is 0 Å². The Morgan fingerprint density at radius 1 is 0.333 bits per heavy atom. The molecule has 8 aromatic carbocycles. The zero-order valence-corrected chi connectivity index (χ0v) is 33.5. The van der Waals surface area contributed by atoms with Gasteiger partial charge in [0.2, 0.25) is 13.4 Å². The minimum atomic E-state index is 0.0452. The lowest BCUT2D eigenvalue weighted by molar-refractivity contribution is 1.20. The van der Waals surface area contributed by atoms with Crippen molar-refractivity contribution in [3.8, 4) is 39.1 Å². The molecule has 0 spiro atoms. The van der Waals surface area contributed by atoms with Crippen molar-refractivity contribution in [2.45, 2.75) is 41.5 Å². The van der Waals surface area contributed by atoms with Gasteiger partial charge in [-0.3, -0.25) is 0 Å². The van der Waals surface area contributed by atoms with Crippen molar-refractivity contribution >= 4 is 68.0 Å². The highest BCUT2D eigenvalue weighted by atomic mass is 15.0. The lowest BCUT2D eigenvalue weighted by Crippen LogP contribution is -2.63. The van der Waals surface area contributed by atoms with Gasteiger partial charge in [0.05, 0.1) is 0 Å². The highest BCUT2D eigenvalue weighted by molar-refractivity contribution is 7.02. The van der Waals surface area contributed by atoms with Gasteiger partial charge < -0.3 is 4.57 Å². The summed E-state index contributed by atoms with van der Waals surface area (Å²) in [5, 5.41) is 2.67. The zero-order chi connectivity index (χ0) is 38.7. The Labute approximate surface area is 336 Å². The highest BCUT2D eigenvalue weighted by Gasteiger charge is 2.42. The van der Waals surface area contributed by atoms with Gasteiger partial charge in [0.25, 0.3) is 0 Å². The summed E-state index contributed by atoms with van der Waals surface area (Å²) < 4.78 is 2.69. The maximum absolute atomic E-state index is 2.69. The van der Waals surface area contributed by atoms with Crippen LogP contribution in [0.5, 0.6) is 0 Å². The lowest BCUT2D eigenvalue weighted by Gasteiger charge is -2.35. The molecular formula is C54H43B2N. The molecule has 0 atom stereocenters. The van der Waals surface area contributed by atoms with Crippen LogP contribution in [0.15, 0.2) is 152 Å². The van der Waals surface area contributed by atoms with E-state index in [1.54, 1.807) is 0 Å². The van der Waals surface area contributed by atoms with Gasteiger partial charge >= 0.3 is 0 Å². The number of nitrogens with zero attached hydrogens (tertiary/aromatic N) is 1. The SMILES string of the molecule is Cc1cccc(C)c1-c1cc2c3c(c1)B(c1ccccc1)c1cc(-c4c(C)cccc4C)cc4c5cc(-c6c(C)cccc6C)cc(c5n-3c14)B2c1ccccc1. The first-order valence-electron chi connectivity index (χ1n) is 20.4. The molecule has 270 valence electrons. The molecule has 0 unspecified atom stereocenters. The zero-order valence-electron chi connectivity index (χ0n) is 33.5. The highest BCUT2D eigenvalue weighted by Crippen LogP contribution is 2.41. The van der Waals surface area contributed by atoms with E-state index in [-0.39, 0.29) is 13.4 Å². The van der Waals surface area contributed by atoms with Crippen LogP contribution in [0.4, 0.5) is 0 Å². The number of hydrogen-bond donors (Lipinski definition) is 0. The van der Waals surface area contributed by atoms with E-state index < -0.39 is 0 Å². The maximum atomic E-state index is 2.69. The van der Waals surface area contributed by atoms with E-state index >= 15 is 0 Å². The number of fused-ring (bicyclic) bond motifs is 1. The summed E-state index contributed by atoms with van der Waals surface area (Å²) in [7, 11) is 0. The van der Waals surface area contributed by atoms with Gasteiger partial charge in [-0.1, -0.05) is 150 Å². The summed E-state index contributed by atoms with van der Waals surface area (Å²) in [6.45, 7) is 13.7. The normalized spacial score (nSPS) is 12.7. The molecule has 3 heteroatoms. The van der Waals surface area contributed by atoms with Crippen molar-refractivity contribution in [3.63, 3.8) is 0 Å². The van der Waals surface area contributed by atoms with Gasteiger partial charge in [-0.2, -0.15) is 0 Å². The predicted octanol–water partition coefficient (Wildman–Crippen LogP) is 9.29. The van der Waals surface area contributed by atoms with E-state index in [0.29, 0.717) is 0 Å². The van der Waals surface area contributed by atoms with Crippen molar-refractivity contribution in [1.82, 2.24) is 4.57 Å². The smallest absolute Gasteiger partial charge is 0.246 e. The molecule has 0 aliphatic carbocycles. The fourth-order valence-electron chi connectivity index (χ4n) is 11.0. The Hall–Kier alpha value is -6.31. The lowest BCUT2D eigenvalue weighted by atomic mass is 9.31. The van der Waals surface area contributed by atoms with E-state index in [1.165, 1.54) is 127 Å². The molecule has 0 saturated heterocycles. The predicted molar refractivity (Wildman–Crippen MR) is 248 cm³/mol. The first kappa shape index (κ1) is 34.0. The Balaban J connectivity index is 1.39. The molecule has 0 bridgehead atoms. The van der Waals surface area contributed by atoms with E-state index in [9.17, 15) is 0 Å². The molecule has 2 aliphatic heterocycles. The molecule has 11 rings (SSSR count). The van der Waals surface area contributed by atoms with Crippen LogP contribution < -0.4 is 32.8 Å². The Morgan fingerprint density at radius 2 is 0.649 bits per heavy atom. The van der Waals surface area contributed by atoms with Crippen LogP contribution in [0.25, 0.3) is 60.9 Å². The van der Waals surface area contributed by atoms with Crippen molar-refractivity contribution in [2.24, 2.45) is 0 Å². The average Bonchev–Trinajstić information content (AvgIpc) is 3.53. The van der Waals surface area contributed by atoms with Crippen LogP contribution in [0.3, 0.4) is 0 Å². The van der Waals surface area contributed by atoms with Crippen molar-refractivity contribution in [3.05, 3.63) is 185 Å². The molecule has 0 fully saturated rings. The van der Waals surface area contributed by atoms with E-state index in [4.69, 9.17) is 0 Å². The molecule has 1 aromatic heterocycles. The van der Waals surface area contributed by atoms with Crippen LogP contribution in [-0.2, 0) is 0 Å². The van der Waals surface area contributed by atoms with Gasteiger partial charge in [-0.15, -0.1) is 0 Å². The number of benzene rings is 8. The topological polar surface area (TPSA) is 4.93 Å². The minimum absolute atomic E-state index is 0.0452. The fourth-order valence-corrected chi connectivity index (χ4v) is 11.0. The third-order valence-electron chi connectivity index (χ3n) is 13.2. The monoisotopic (exact) mass is 727 g/mol. The second kappa shape index (κ2) is 12.6. The molecule has 9 aromatic rings. The van der Waals surface area contributed by atoms with Crippen molar-refractivity contribution < 1.29 is 0 Å². The van der Waals surface area contributed by atoms with Crippen molar-refractivity contribution in [1.29, 1.82) is 0 Å². The van der Waals surface area contributed by atoms with Crippen LogP contribution in [0.1, 0.15) is 33.4 Å². The Bertz CT molecular complexity index is 2890. The summed E-state index contributed by atoms with van der Waals surface area (Å²) in [5.41, 5.74) is 27.9. The van der Waals surface area contributed by atoms with E-state index in [2.05, 4.69) is 198 Å². The number of rotatable bonds is 5. The minimum Gasteiger partial charge on any atom is -0.311 e. The molecule has 0 N–H and O–H groups in total. The largest absolute Gasteiger partial charge is 0.311 e. The number of aryl methyl sites for hydroxylation is 6. The maximum Gasteiger partial charge on any atom is 0.246 e. The fraction of sp³-hybridized carbons (Fsp3) is 0.111. The molecule has 1 nitrogen and oxygen atoms in total. The van der Waals surface area contributed by atoms with Gasteiger partial charge in [0.1, 0.15) is 0 Å². The van der Waals surface area contributed by atoms with Gasteiger partial charge in [0, 0.05) is 27.5 Å². The Morgan fingerprint density at radius 3 is 1.00 bits per heavy atom. The average molecular weight is 728 g/mol. The number of hydrogen-bond acceptors (Lipinski definition) is 0. The van der Waals surface area contributed by atoms with Gasteiger partial charge in [0.15, 0.2) is 0 Å². The van der Waals surface area contributed by atoms with Crippen LogP contribution in [-0.4, -0.2) is 18.0 Å². The molecule has 57 heavy (non-hydrogen) atoms. The summed E-state index contributed by atoms with van der Waals surface area (Å²) in [6, 6.07) is 58.0. The molecular weight excluding hydrogens is 684 g/mol. The summed E-state index contributed by atoms with van der Waals surface area (Å²) in [5.74, 6) is 0. The number of aromatic nitrogens is 1. The Kier molecular flexibility index (Phi) is 7.51. The third-order valence-corrected chi connectivity index (χ3v) is 13.2.